The highest BCUT2D eigenvalue weighted by atomic mass is 16.3. The minimum Gasteiger partial charge on any atom is -0.508 e. The summed E-state index contributed by atoms with van der Waals surface area (Å²) in [5.41, 5.74) is 8.55. The normalized spacial score (nSPS) is 15.5. The van der Waals surface area contributed by atoms with Gasteiger partial charge in [0, 0.05) is 11.4 Å². The lowest BCUT2D eigenvalue weighted by atomic mass is 9.94. The number of phenolic OH excluding ortho intramolecular Hbond substituents is 1. The molecule has 0 atom stereocenters. The Labute approximate surface area is 123 Å². The molecule has 1 amide bonds. The van der Waals surface area contributed by atoms with E-state index in [9.17, 15) is 9.90 Å². The molecule has 4 heteroatoms. The number of phenols is 1. The van der Waals surface area contributed by atoms with Crippen molar-refractivity contribution in [2.75, 3.05) is 11.1 Å². The molecule has 0 unspecified atom stereocenters. The van der Waals surface area contributed by atoms with E-state index in [2.05, 4.69) is 5.32 Å². The van der Waals surface area contributed by atoms with Crippen LogP contribution in [0.1, 0.15) is 24.0 Å². The Morgan fingerprint density at radius 1 is 1.19 bits per heavy atom. The molecule has 0 spiro atoms. The van der Waals surface area contributed by atoms with Crippen LogP contribution in [0.25, 0.3) is 0 Å². The third-order valence-corrected chi connectivity index (χ3v) is 4.11. The number of nitrogens with two attached hydrogens (primary N) is 1. The second-order valence-corrected chi connectivity index (χ2v) is 5.66. The van der Waals surface area contributed by atoms with Crippen molar-refractivity contribution in [2.45, 2.75) is 25.2 Å². The van der Waals surface area contributed by atoms with Crippen LogP contribution in [0, 0.1) is 6.92 Å². The zero-order chi connectivity index (χ0) is 15.0. The van der Waals surface area contributed by atoms with Gasteiger partial charge in [-0.25, -0.2) is 0 Å². The Morgan fingerprint density at radius 2 is 1.86 bits per heavy atom. The van der Waals surface area contributed by atoms with Crippen molar-refractivity contribution < 1.29 is 9.90 Å². The van der Waals surface area contributed by atoms with Crippen molar-refractivity contribution in [3.63, 3.8) is 0 Å². The van der Waals surface area contributed by atoms with Gasteiger partial charge in [0.25, 0.3) is 0 Å². The molecule has 0 saturated heterocycles. The summed E-state index contributed by atoms with van der Waals surface area (Å²) in [6.45, 7) is 1.86. The largest absolute Gasteiger partial charge is 0.508 e. The molecule has 1 saturated carbocycles. The Kier molecular flexibility index (Phi) is 3.09. The molecule has 4 N–H and O–H groups in total. The molecular formula is C17H18N2O2. The van der Waals surface area contributed by atoms with Crippen LogP contribution in [0.15, 0.2) is 42.5 Å². The molecule has 0 heterocycles. The maximum atomic E-state index is 12.6. The number of aryl methyl sites for hydroxylation is 1. The van der Waals surface area contributed by atoms with Gasteiger partial charge < -0.3 is 16.2 Å². The summed E-state index contributed by atoms with van der Waals surface area (Å²) in [6, 6.07) is 12.4. The summed E-state index contributed by atoms with van der Waals surface area (Å²) in [5, 5.41) is 12.4. The molecular weight excluding hydrogens is 264 g/mol. The Bertz CT molecular complexity index is 688. The van der Waals surface area contributed by atoms with Crippen molar-refractivity contribution in [1.29, 1.82) is 0 Å². The molecule has 0 aliphatic heterocycles. The van der Waals surface area contributed by atoms with Crippen LogP contribution < -0.4 is 11.1 Å². The number of aromatic hydroxyl groups is 1. The van der Waals surface area contributed by atoms with E-state index >= 15 is 0 Å². The van der Waals surface area contributed by atoms with Crippen LogP contribution in [0.2, 0.25) is 0 Å². The number of nitrogens with one attached hydrogen (secondary N) is 1. The second-order valence-electron chi connectivity index (χ2n) is 5.66. The zero-order valence-electron chi connectivity index (χ0n) is 11.9. The fraction of sp³-hybridized carbons (Fsp3) is 0.235. The molecule has 0 bridgehead atoms. The molecule has 2 aromatic carbocycles. The van der Waals surface area contributed by atoms with Crippen LogP contribution in [0.3, 0.4) is 0 Å². The fourth-order valence-electron chi connectivity index (χ4n) is 2.60. The number of nitrogen functional groups attached to an aromatic ring is 1. The smallest absolute Gasteiger partial charge is 0.235 e. The maximum Gasteiger partial charge on any atom is 0.235 e. The predicted molar refractivity (Wildman–Crippen MR) is 83.2 cm³/mol. The summed E-state index contributed by atoms with van der Waals surface area (Å²) < 4.78 is 0. The minimum absolute atomic E-state index is 0.000983. The van der Waals surface area contributed by atoms with Crippen LogP contribution in [0.5, 0.6) is 5.75 Å². The lowest BCUT2D eigenvalue weighted by molar-refractivity contribution is -0.118. The number of carbonyl (C=O) groups is 1. The summed E-state index contributed by atoms with van der Waals surface area (Å²) >= 11 is 0. The SMILES string of the molecule is Cc1cc(O)ccc1NC(=O)C1(c2ccc(N)cc2)CC1. The average molecular weight is 282 g/mol. The number of amides is 1. The molecule has 0 radical (unpaired) electrons. The van der Waals surface area contributed by atoms with Crippen molar-refractivity contribution in [1.82, 2.24) is 0 Å². The molecule has 3 rings (SSSR count). The fourth-order valence-corrected chi connectivity index (χ4v) is 2.60. The lowest BCUT2D eigenvalue weighted by Crippen LogP contribution is -2.28. The topological polar surface area (TPSA) is 75.3 Å². The molecule has 1 fully saturated rings. The van der Waals surface area contributed by atoms with Crippen molar-refractivity contribution in [2.24, 2.45) is 0 Å². The van der Waals surface area contributed by atoms with Gasteiger partial charge in [-0.3, -0.25) is 4.79 Å². The monoisotopic (exact) mass is 282 g/mol. The Hall–Kier alpha value is -2.49. The second kappa shape index (κ2) is 4.81. The van der Waals surface area contributed by atoms with Gasteiger partial charge >= 0.3 is 0 Å². The summed E-state index contributed by atoms with van der Waals surface area (Å²) in [5.74, 6) is 0.200. The van der Waals surface area contributed by atoms with Gasteiger partial charge in [-0.2, -0.15) is 0 Å². The highest BCUT2D eigenvalue weighted by Gasteiger charge is 2.51. The highest BCUT2D eigenvalue weighted by molar-refractivity contribution is 6.01. The van der Waals surface area contributed by atoms with Crippen LogP contribution in [-0.2, 0) is 10.2 Å². The van der Waals surface area contributed by atoms with Crippen molar-refractivity contribution >= 4 is 17.3 Å². The van der Waals surface area contributed by atoms with Gasteiger partial charge in [0.05, 0.1) is 5.41 Å². The van der Waals surface area contributed by atoms with E-state index in [0.29, 0.717) is 5.69 Å². The summed E-state index contributed by atoms with van der Waals surface area (Å²) in [4.78, 5) is 12.6. The van der Waals surface area contributed by atoms with E-state index < -0.39 is 5.41 Å². The highest BCUT2D eigenvalue weighted by Crippen LogP contribution is 2.49. The van der Waals surface area contributed by atoms with Crippen molar-refractivity contribution in [3.05, 3.63) is 53.6 Å². The molecule has 1 aliphatic rings. The van der Waals surface area contributed by atoms with E-state index in [-0.39, 0.29) is 11.7 Å². The van der Waals surface area contributed by atoms with E-state index in [4.69, 9.17) is 5.73 Å². The van der Waals surface area contributed by atoms with E-state index in [1.54, 1.807) is 18.2 Å². The molecule has 0 aromatic heterocycles. The van der Waals surface area contributed by atoms with Crippen LogP contribution in [0.4, 0.5) is 11.4 Å². The number of anilines is 2. The number of hydrogen-bond donors (Lipinski definition) is 3. The maximum absolute atomic E-state index is 12.6. The first-order chi connectivity index (χ1) is 10.0. The minimum atomic E-state index is -0.433. The molecule has 21 heavy (non-hydrogen) atoms. The van der Waals surface area contributed by atoms with Gasteiger partial charge in [-0.1, -0.05) is 12.1 Å². The van der Waals surface area contributed by atoms with Gasteiger partial charge in [-0.05, 0) is 61.2 Å². The van der Waals surface area contributed by atoms with Gasteiger partial charge in [0.15, 0.2) is 0 Å². The summed E-state index contributed by atoms with van der Waals surface area (Å²) in [6.07, 6.45) is 1.69. The molecule has 108 valence electrons. The number of rotatable bonds is 3. The van der Waals surface area contributed by atoms with Gasteiger partial charge in [0.2, 0.25) is 5.91 Å². The predicted octanol–water partition coefficient (Wildman–Crippen LogP) is 2.95. The zero-order valence-corrected chi connectivity index (χ0v) is 11.9. The van der Waals surface area contributed by atoms with E-state index in [1.165, 1.54) is 0 Å². The Morgan fingerprint density at radius 3 is 2.43 bits per heavy atom. The van der Waals surface area contributed by atoms with E-state index in [1.807, 2.05) is 31.2 Å². The first kappa shape index (κ1) is 13.5. The van der Waals surface area contributed by atoms with Crippen LogP contribution in [-0.4, -0.2) is 11.0 Å². The number of hydrogen-bond acceptors (Lipinski definition) is 3. The first-order valence-electron chi connectivity index (χ1n) is 6.98. The third-order valence-electron chi connectivity index (χ3n) is 4.11. The molecule has 1 aliphatic carbocycles. The van der Waals surface area contributed by atoms with Crippen molar-refractivity contribution in [3.8, 4) is 5.75 Å². The lowest BCUT2D eigenvalue weighted by Gasteiger charge is -2.17. The van der Waals surface area contributed by atoms with Gasteiger partial charge in [-0.15, -0.1) is 0 Å². The summed E-state index contributed by atoms with van der Waals surface area (Å²) in [7, 11) is 0. The standard InChI is InChI=1S/C17H18N2O2/c1-11-10-14(20)6-7-15(11)19-16(21)17(8-9-17)12-2-4-13(18)5-3-12/h2-7,10,20H,8-9,18H2,1H3,(H,19,21). The van der Waals surface area contributed by atoms with Gasteiger partial charge in [0.1, 0.15) is 5.75 Å². The average Bonchev–Trinajstić information content (AvgIpc) is 3.24. The quantitative estimate of drug-likeness (QED) is 0.598. The van der Waals surface area contributed by atoms with Crippen LogP contribution >= 0.6 is 0 Å². The van der Waals surface area contributed by atoms with E-state index in [0.717, 1.165) is 29.7 Å². The first-order valence-corrected chi connectivity index (χ1v) is 6.98. The molecule has 4 nitrogen and oxygen atoms in total. The molecule has 2 aromatic rings. The Balaban J connectivity index is 1.83. The number of carbonyl (C=O) groups excluding carboxylic acids is 1. The third kappa shape index (κ3) is 2.44. The number of benzene rings is 2.